The van der Waals surface area contributed by atoms with Crippen LogP contribution in [0.3, 0.4) is 0 Å². The topological polar surface area (TPSA) is 75.4 Å². The van der Waals surface area contributed by atoms with Crippen molar-refractivity contribution in [3.63, 3.8) is 0 Å². The summed E-state index contributed by atoms with van der Waals surface area (Å²) in [6.45, 7) is 5.93. The number of nitrogens with two attached hydrogens (primary N) is 1. The summed E-state index contributed by atoms with van der Waals surface area (Å²) in [5, 5.41) is 9.28. The molecule has 2 rings (SSSR count). The molecule has 94 valence electrons. The third kappa shape index (κ3) is 3.37. The van der Waals surface area contributed by atoms with Crippen molar-refractivity contribution in [2.24, 2.45) is 0 Å². The van der Waals surface area contributed by atoms with Crippen LogP contribution >= 0.6 is 11.3 Å². The minimum absolute atomic E-state index is 0.159. The molecule has 1 aromatic heterocycles. The fourth-order valence-electron chi connectivity index (χ4n) is 1.97. The summed E-state index contributed by atoms with van der Waals surface area (Å²) in [5.41, 5.74) is 5.55. The monoisotopic (exact) mass is 255 g/mol. The lowest BCUT2D eigenvalue weighted by Gasteiger charge is -2.19. The minimum atomic E-state index is 0.159. The van der Waals surface area contributed by atoms with E-state index < -0.39 is 0 Å². The summed E-state index contributed by atoms with van der Waals surface area (Å²) >= 11 is 1.43. The van der Waals surface area contributed by atoms with Crippen LogP contribution in [0, 0.1) is 0 Å². The SMILES string of the molecule is CC(=O)N1CCCN(Cc2nnc(N)s2)CC1. The van der Waals surface area contributed by atoms with Crippen molar-refractivity contribution in [1.29, 1.82) is 0 Å². The van der Waals surface area contributed by atoms with E-state index in [0.717, 1.165) is 44.2 Å². The van der Waals surface area contributed by atoms with Crippen LogP contribution in [0.25, 0.3) is 0 Å². The first-order valence-electron chi connectivity index (χ1n) is 5.71. The van der Waals surface area contributed by atoms with Gasteiger partial charge in [-0.05, 0) is 6.42 Å². The maximum Gasteiger partial charge on any atom is 0.219 e. The van der Waals surface area contributed by atoms with Gasteiger partial charge in [0.1, 0.15) is 5.01 Å². The first kappa shape index (κ1) is 12.3. The first-order valence-corrected chi connectivity index (χ1v) is 6.52. The molecule has 17 heavy (non-hydrogen) atoms. The van der Waals surface area contributed by atoms with Gasteiger partial charge in [-0.2, -0.15) is 0 Å². The van der Waals surface area contributed by atoms with Crippen LogP contribution in [0.1, 0.15) is 18.4 Å². The molecule has 1 aliphatic heterocycles. The Morgan fingerprint density at radius 1 is 1.35 bits per heavy atom. The van der Waals surface area contributed by atoms with E-state index in [4.69, 9.17) is 5.73 Å². The number of aromatic nitrogens is 2. The maximum atomic E-state index is 11.3. The van der Waals surface area contributed by atoms with Crippen LogP contribution in [0.15, 0.2) is 0 Å². The van der Waals surface area contributed by atoms with Gasteiger partial charge < -0.3 is 10.6 Å². The van der Waals surface area contributed by atoms with Crippen molar-refractivity contribution in [3.05, 3.63) is 5.01 Å². The van der Waals surface area contributed by atoms with Gasteiger partial charge in [0.15, 0.2) is 0 Å². The number of rotatable bonds is 2. The Morgan fingerprint density at radius 2 is 2.18 bits per heavy atom. The zero-order chi connectivity index (χ0) is 12.3. The Bertz CT molecular complexity index is 394. The summed E-state index contributed by atoms with van der Waals surface area (Å²) in [7, 11) is 0. The van der Waals surface area contributed by atoms with Crippen LogP contribution in [-0.4, -0.2) is 52.1 Å². The largest absolute Gasteiger partial charge is 0.374 e. The predicted molar refractivity (Wildman–Crippen MR) is 66.5 cm³/mol. The molecule has 0 aliphatic carbocycles. The highest BCUT2D eigenvalue weighted by molar-refractivity contribution is 7.15. The molecule has 0 aromatic carbocycles. The summed E-state index contributed by atoms with van der Waals surface area (Å²) in [5.74, 6) is 0.159. The second-order valence-corrected chi connectivity index (χ2v) is 5.26. The molecule has 1 aliphatic rings. The molecular formula is C10H17N5OS. The number of nitrogens with zero attached hydrogens (tertiary/aromatic N) is 4. The summed E-state index contributed by atoms with van der Waals surface area (Å²) in [6.07, 6.45) is 1.01. The Kier molecular flexibility index (Phi) is 3.90. The predicted octanol–water partition coefficient (Wildman–Crippen LogP) is 0.174. The highest BCUT2D eigenvalue weighted by atomic mass is 32.1. The molecule has 0 bridgehead atoms. The van der Waals surface area contributed by atoms with E-state index in [1.54, 1.807) is 6.92 Å². The van der Waals surface area contributed by atoms with Gasteiger partial charge in [0, 0.05) is 33.1 Å². The lowest BCUT2D eigenvalue weighted by molar-refractivity contribution is -0.128. The lowest BCUT2D eigenvalue weighted by atomic mass is 10.4. The number of anilines is 1. The summed E-state index contributed by atoms with van der Waals surface area (Å²) in [6, 6.07) is 0. The van der Waals surface area contributed by atoms with E-state index in [0.29, 0.717) is 5.13 Å². The molecule has 0 spiro atoms. The summed E-state index contributed by atoms with van der Waals surface area (Å²) in [4.78, 5) is 15.5. The molecule has 0 radical (unpaired) electrons. The molecule has 7 heteroatoms. The normalized spacial score (nSPS) is 18.1. The smallest absolute Gasteiger partial charge is 0.219 e. The Balaban J connectivity index is 1.88. The molecule has 2 heterocycles. The third-order valence-corrected chi connectivity index (χ3v) is 3.61. The van der Waals surface area contributed by atoms with E-state index in [1.807, 2.05) is 4.90 Å². The van der Waals surface area contributed by atoms with Crippen molar-refractivity contribution >= 4 is 22.4 Å². The van der Waals surface area contributed by atoms with Crippen molar-refractivity contribution in [1.82, 2.24) is 20.0 Å². The number of carbonyl (C=O) groups excluding carboxylic acids is 1. The van der Waals surface area contributed by atoms with Gasteiger partial charge in [0.25, 0.3) is 0 Å². The fourth-order valence-corrected chi connectivity index (χ4v) is 2.62. The van der Waals surface area contributed by atoms with Crippen molar-refractivity contribution in [2.75, 3.05) is 31.9 Å². The lowest BCUT2D eigenvalue weighted by Crippen LogP contribution is -2.33. The molecule has 1 saturated heterocycles. The van der Waals surface area contributed by atoms with Crippen molar-refractivity contribution in [3.8, 4) is 0 Å². The number of hydrogen-bond donors (Lipinski definition) is 1. The number of carbonyl (C=O) groups is 1. The van der Waals surface area contributed by atoms with Crippen molar-refractivity contribution < 1.29 is 4.79 Å². The highest BCUT2D eigenvalue weighted by Crippen LogP contribution is 2.14. The molecule has 0 unspecified atom stereocenters. The van der Waals surface area contributed by atoms with Crippen LogP contribution in [0.5, 0.6) is 0 Å². The minimum Gasteiger partial charge on any atom is -0.374 e. The van der Waals surface area contributed by atoms with E-state index in [-0.39, 0.29) is 5.91 Å². The molecule has 2 N–H and O–H groups in total. The van der Waals surface area contributed by atoms with Gasteiger partial charge in [-0.1, -0.05) is 11.3 Å². The third-order valence-electron chi connectivity index (χ3n) is 2.88. The quantitative estimate of drug-likeness (QED) is 0.815. The van der Waals surface area contributed by atoms with Crippen LogP contribution in [-0.2, 0) is 11.3 Å². The molecule has 1 aromatic rings. The van der Waals surface area contributed by atoms with Crippen LogP contribution in [0.4, 0.5) is 5.13 Å². The summed E-state index contributed by atoms with van der Waals surface area (Å²) < 4.78 is 0. The van der Waals surface area contributed by atoms with E-state index in [9.17, 15) is 4.79 Å². The zero-order valence-corrected chi connectivity index (χ0v) is 10.7. The van der Waals surface area contributed by atoms with Gasteiger partial charge in [-0.25, -0.2) is 0 Å². The average Bonchev–Trinajstić information content (AvgIpc) is 2.54. The standard InChI is InChI=1S/C10H17N5OS/c1-8(16)15-4-2-3-14(5-6-15)7-9-12-13-10(11)17-9/h2-7H2,1H3,(H2,11,13). The van der Waals surface area contributed by atoms with Crippen LogP contribution < -0.4 is 5.73 Å². The Labute approximate surface area is 104 Å². The molecule has 0 atom stereocenters. The molecule has 1 amide bonds. The van der Waals surface area contributed by atoms with Crippen LogP contribution in [0.2, 0.25) is 0 Å². The van der Waals surface area contributed by atoms with Gasteiger partial charge in [-0.3, -0.25) is 9.69 Å². The Morgan fingerprint density at radius 3 is 2.82 bits per heavy atom. The fraction of sp³-hybridized carbons (Fsp3) is 0.700. The van der Waals surface area contributed by atoms with E-state index in [2.05, 4.69) is 15.1 Å². The number of hydrogen-bond acceptors (Lipinski definition) is 6. The molecule has 1 fully saturated rings. The van der Waals surface area contributed by atoms with Gasteiger partial charge in [-0.15, -0.1) is 10.2 Å². The van der Waals surface area contributed by atoms with Gasteiger partial charge in [0.2, 0.25) is 11.0 Å². The second-order valence-electron chi connectivity index (χ2n) is 4.17. The molecule has 0 saturated carbocycles. The van der Waals surface area contributed by atoms with Gasteiger partial charge >= 0.3 is 0 Å². The number of amides is 1. The second kappa shape index (κ2) is 5.42. The van der Waals surface area contributed by atoms with Crippen molar-refractivity contribution in [2.45, 2.75) is 19.9 Å². The van der Waals surface area contributed by atoms with E-state index in [1.165, 1.54) is 11.3 Å². The maximum absolute atomic E-state index is 11.3. The average molecular weight is 255 g/mol. The highest BCUT2D eigenvalue weighted by Gasteiger charge is 2.17. The zero-order valence-electron chi connectivity index (χ0n) is 9.93. The van der Waals surface area contributed by atoms with E-state index >= 15 is 0 Å². The Hall–Kier alpha value is -1.21. The first-order chi connectivity index (χ1) is 8.15. The molecule has 6 nitrogen and oxygen atoms in total. The van der Waals surface area contributed by atoms with Gasteiger partial charge in [0.05, 0.1) is 6.54 Å². The molecular weight excluding hydrogens is 238 g/mol. The number of nitrogen functional groups attached to an aromatic ring is 1.